The average molecular weight is 288 g/mol. The van der Waals surface area contributed by atoms with Crippen LogP contribution in [0.1, 0.15) is 47.0 Å². The van der Waals surface area contributed by atoms with Crippen LogP contribution in [0, 0.1) is 5.41 Å². The highest BCUT2D eigenvalue weighted by atomic mass is 16.5. The molecule has 0 aliphatic carbocycles. The molecule has 0 aromatic heterocycles. The van der Waals surface area contributed by atoms with Gasteiger partial charge in [-0.15, -0.1) is 0 Å². The Bertz CT molecular complexity index is 313. The van der Waals surface area contributed by atoms with Gasteiger partial charge in [-0.3, -0.25) is 4.79 Å². The van der Waals surface area contributed by atoms with E-state index in [9.17, 15) is 9.59 Å². The zero-order chi connectivity index (χ0) is 15.8. The maximum Gasteiger partial charge on any atom is 0.315 e. The Balaban J connectivity index is 4.47. The lowest BCUT2D eigenvalue weighted by atomic mass is 9.87. The summed E-state index contributed by atoms with van der Waals surface area (Å²) < 4.78 is 5.01. The lowest BCUT2D eigenvalue weighted by Gasteiger charge is -2.26. The van der Waals surface area contributed by atoms with E-state index in [2.05, 4.69) is 10.6 Å². The van der Waals surface area contributed by atoms with Crippen molar-refractivity contribution >= 4 is 12.0 Å². The Hall–Kier alpha value is -1.30. The molecule has 6 heteroatoms. The first-order valence-electron chi connectivity index (χ1n) is 6.95. The molecule has 6 nitrogen and oxygen atoms in total. The monoisotopic (exact) mass is 288 g/mol. The molecule has 2 unspecified atom stereocenters. The molecule has 0 aliphatic rings. The molecular formula is C14H28N2O4. The zero-order valence-corrected chi connectivity index (χ0v) is 13.2. The number of methoxy groups -OCH3 is 1. The minimum absolute atomic E-state index is 0.0515. The third kappa shape index (κ3) is 9.61. The number of carboxylic acid groups (broad SMARTS) is 1. The second kappa shape index (κ2) is 8.79. The molecule has 2 amide bonds. The van der Waals surface area contributed by atoms with Gasteiger partial charge >= 0.3 is 12.0 Å². The van der Waals surface area contributed by atoms with Gasteiger partial charge in [0.1, 0.15) is 0 Å². The molecule has 0 heterocycles. The van der Waals surface area contributed by atoms with E-state index < -0.39 is 5.97 Å². The number of urea groups is 1. The van der Waals surface area contributed by atoms with Crippen LogP contribution in [0.3, 0.4) is 0 Å². The highest BCUT2D eigenvalue weighted by Gasteiger charge is 2.23. The van der Waals surface area contributed by atoms with E-state index in [4.69, 9.17) is 9.84 Å². The fourth-order valence-corrected chi connectivity index (χ4v) is 2.00. The van der Waals surface area contributed by atoms with Crippen molar-refractivity contribution in [1.29, 1.82) is 0 Å². The molecule has 0 aromatic carbocycles. The quantitative estimate of drug-likeness (QED) is 0.637. The summed E-state index contributed by atoms with van der Waals surface area (Å²) in [4.78, 5) is 22.8. The van der Waals surface area contributed by atoms with Crippen LogP contribution in [0.15, 0.2) is 0 Å². The fourth-order valence-electron chi connectivity index (χ4n) is 2.00. The van der Waals surface area contributed by atoms with Gasteiger partial charge in [0.2, 0.25) is 0 Å². The van der Waals surface area contributed by atoms with Gasteiger partial charge in [-0.25, -0.2) is 4.79 Å². The zero-order valence-electron chi connectivity index (χ0n) is 13.2. The number of aliphatic carboxylic acids is 1. The molecule has 0 radical (unpaired) electrons. The second-order valence-corrected chi connectivity index (χ2v) is 6.24. The van der Waals surface area contributed by atoms with Crippen molar-refractivity contribution in [2.45, 2.75) is 59.0 Å². The fraction of sp³-hybridized carbons (Fsp3) is 0.857. The Kier molecular flexibility index (Phi) is 8.22. The van der Waals surface area contributed by atoms with E-state index >= 15 is 0 Å². The summed E-state index contributed by atoms with van der Waals surface area (Å²) in [5.74, 6) is -0.913. The standard InChI is InChI=1S/C14H28N2O4/c1-6-10(9-20-5)15-13(19)16-11(7-12(17)18)8-14(2,3)4/h10-11H,6-9H2,1-5H3,(H,17,18)(H2,15,16,19). The summed E-state index contributed by atoms with van der Waals surface area (Å²) in [6.07, 6.45) is 1.28. The van der Waals surface area contributed by atoms with Gasteiger partial charge in [0.25, 0.3) is 0 Å². The van der Waals surface area contributed by atoms with E-state index in [1.54, 1.807) is 7.11 Å². The molecule has 0 bridgehead atoms. The molecular weight excluding hydrogens is 260 g/mol. The van der Waals surface area contributed by atoms with E-state index in [0.717, 1.165) is 6.42 Å². The molecule has 0 saturated heterocycles. The number of rotatable bonds is 8. The van der Waals surface area contributed by atoms with E-state index in [-0.39, 0.29) is 30.0 Å². The Labute approximate surface area is 121 Å². The summed E-state index contributed by atoms with van der Waals surface area (Å²) in [5, 5.41) is 14.4. The SMILES string of the molecule is CCC(COC)NC(=O)NC(CC(=O)O)CC(C)(C)C. The molecule has 20 heavy (non-hydrogen) atoms. The molecule has 0 spiro atoms. The van der Waals surface area contributed by atoms with Gasteiger partial charge in [-0.05, 0) is 18.3 Å². The molecule has 2 atom stereocenters. The molecule has 0 saturated carbocycles. The lowest BCUT2D eigenvalue weighted by Crippen LogP contribution is -2.48. The van der Waals surface area contributed by atoms with Crippen LogP contribution in [-0.2, 0) is 9.53 Å². The van der Waals surface area contributed by atoms with Gasteiger partial charge in [0, 0.05) is 13.2 Å². The van der Waals surface area contributed by atoms with Crippen LogP contribution in [-0.4, -0.2) is 42.9 Å². The average Bonchev–Trinajstić information content (AvgIpc) is 2.24. The third-order valence-electron chi connectivity index (χ3n) is 2.81. The summed E-state index contributed by atoms with van der Waals surface area (Å²) in [6, 6.07) is -0.794. The summed E-state index contributed by atoms with van der Waals surface area (Å²) >= 11 is 0. The van der Waals surface area contributed by atoms with Crippen LogP contribution in [0.5, 0.6) is 0 Å². The molecule has 0 aromatic rings. The number of amides is 2. The molecule has 0 fully saturated rings. The van der Waals surface area contributed by atoms with Crippen molar-refractivity contribution < 1.29 is 19.4 Å². The predicted octanol–water partition coefficient (Wildman–Crippen LogP) is 1.99. The maximum atomic E-state index is 11.9. The first-order chi connectivity index (χ1) is 9.17. The number of hydrogen-bond donors (Lipinski definition) is 3. The number of carbonyl (C=O) groups excluding carboxylic acids is 1. The van der Waals surface area contributed by atoms with E-state index in [0.29, 0.717) is 13.0 Å². The smallest absolute Gasteiger partial charge is 0.315 e. The van der Waals surface area contributed by atoms with Crippen molar-refractivity contribution in [3.05, 3.63) is 0 Å². The van der Waals surface area contributed by atoms with Gasteiger partial charge < -0.3 is 20.5 Å². The second-order valence-electron chi connectivity index (χ2n) is 6.24. The van der Waals surface area contributed by atoms with Crippen LogP contribution in [0.25, 0.3) is 0 Å². The number of ether oxygens (including phenoxy) is 1. The Morgan fingerprint density at radius 3 is 2.15 bits per heavy atom. The van der Waals surface area contributed by atoms with Crippen LogP contribution >= 0.6 is 0 Å². The van der Waals surface area contributed by atoms with Gasteiger partial charge in [0.15, 0.2) is 0 Å². The molecule has 118 valence electrons. The van der Waals surface area contributed by atoms with Crippen molar-refractivity contribution in [2.75, 3.05) is 13.7 Å². The van der Waals surface area contributed by atoms with Crippen LogP contribution < -0.4 is 10.6 Å². The first-order valence-corrected chi connectivity index (χ1v) is 6.95. The first kappa shape index (κ1) is 18.7. The summed E-state index contributed by atoms with van der Waals surface area (Å²) in [6.45, 7) is 8.43. The minimum atomic E-state index is -0.913. The molecule has 0 aliphatic heterocycles. The summed E-state index contributed by atoms with van der Waals surface area (Å²) in [5.41, 5.74) is -0.0515. The largest absolute Gasteiger partial charge is 0.481 e. The maximum absolute atomic E-state index is 11.9. The van der Waals surface area contributed by atoms with Gasteiger partial charge in [-0.2, -0.15) is 0 Å². The topological polar surface area (TPSA) is 87.7 Å². The highest BCUT2D eigenvalue weighted by Crippen LogP contribution is 2.22. The molecule has 0 rings (SSSR count). The number of carboxylic acids is 1. The van der Waals surface area contributed by atoms with Crippen molar-refractivity contribution in [2.24, 2.45) is 5.41 Å². The van der Waals surface area contributed by atoms with Crippen LogP contribution in [0.4, 0.5) is 4.79 Å². The normalized spacial score (nSPS) is 14.4. The Morgan fingerprint density at radius 2 is 1.75 bits per heavy atom. The number of carbonyl (C=O) groups is 2. The summed E-state index contributed by atoms with van der Waals surface area (Å²) in [7, 11) is 1.58. The van der Waals surface area contributed by atoms with E-state index in [1.165, 1.54) is 0 Å². The third-order valence-corrected chi connectivity index (χ3v) is 2.81. The van der Waals surface area contributed by atoms with Gasteiger partial charge in [0.05, 0.1) is 19.1 Å². The Morgan fingerprint density at radius 1 is 1.20 bits per heavy atom. The van der Waals surface area contributed by atoms with Crippen molar-refractivity contribution in [1.82, 2.24) is 10.6 Å². The van der Waals surface area contributed by atoms with E-state index in [1.807, 2.05) is 27.7 Å². The molecule has 3 N–H and O–H groups in total. The lowest BCUT2D eigenvalue weighted by molar-refractivity contribution is -0.137. The van der Waals surface area contributed by atoms with Crippen molar-refractivity contribution in [3.63, 3.8) is 0 Å². The van der Waals surface area contributed by atoms with Crippen molar-refractivity contribution in [3.8, 4) is 0 Å². The predicted molar refractivity (Wildman–Crippen MR) is 77.7 cm³/mol. The van der Waals surface area contributed by atoms with Crippen LogP contribution in [0.2, 0.25) is 0 Å². The highest BCUT2D eigenvalue weighted by molar-refractivity contribution is 5.76. The number of nitrogens with one attached hydrogen (secondary N) is 2. The minimum Gasteiger partial charge on any atom is -0.481 e. The van der Waals surface area contributed by atoms with Gasteiger partial charge in [-0.1, -0.05) is 27.7 Å². The number of hydrogen-bond acceptors (Lipinski definition) is 3.